The van der Waals surface area contributed by atoms with E-state index < -0.39 is 0 Å². The van der Waals surface area contributed by atoms with E-state index in [0.29, 0.717) is 19.1 Å². The lowest BCUT2D eigenvalue weighted by Crippen LogP contribution is -2.41. The predicted octanol–water partition coefficient (Wildman–Crippen LogP) is 3.70. The molecule has 1 heterocycles. The van der Waals surface area contributed by atoms with Crippen LogP contribution in [-0.2, 0) is 4.74 Å². The van der Waals surface area contributed by atoms with Gasteiger partial charge in [0.1, 0.15) is 0 Å². The highest BCUT2D eigenvalue weighted by atomic mass is 16.5. The minimum atomic E-state index is -0.379. The van der Waals surface area contributed by atoms with Crippen LogP contribution >= 0.6 is 0 Å². The molecule has 1 aliphatic carbocycles. The van der Waals surface area contributed by atoms with Crippen LogP contribution in [0.4, 0.5) is 0 Å². The average Bonchev–Trinajstić information content (AvgIpc) is 2.72. The molecule has 0 radical (unpaired) electrons. The van der Waals surface area contributed by atoms with Crippen LogP contribution in [0, 0.1) is 24.7 Å². The molecule has 2 N–H and O–H groups in total. The minimum Gasteiger partial charge on any atom is -0.370 e. The normalized spacial score (nSPS) is 21.2. The van der Waals surface area contributed by atoms with E-state index in [4.69, 9.17) is 4.74 Å². The molecule has 32 heavy (non-hydrogen) atoms. The monoisotopic (exact) mass is 438 g/mol. The van der Waals surface area contributed by atoms with Gasteiger partial charge in [-0.2, -0.15) is 0 Å². The smallest absolute Gasteiger partial charge is 0.251 e. The van der Waals surface area contributed by atoms with Crippen LogP contribution in [0.5, 0.6) is 0 Å². The van der Waals surface area contributed by atoms with E-state index in [2.05, 4.69) is 49.3 Å². The van der Waals surface area contributed by atoms with Gasteiger partial charge in [-0.3, -0.25) is 4.79 Å². The Morgan fingerprint density at radius 1 is 1.25 bits per heavy atom. The van der Waals surface area contributed by atoms with E-state index in [1.165, 1.54) is 42.8 Å². The molecule has 2 atom stereocenters. The van der Waals surface area contributed by atoms with Gasteiger partial charge in [0.2, 0.25) is 0 Å². The van der Waals surface area contributed by atoms with Crippen molar-refractivity contribution in [1.82, 2.24) is 10.6 Å². The molecule has 1 aromatic rings. The summed E-state index contributed by atoms with van der Waals surface area (Å²) in [5.74, 6) is 2.28. The molecule has 3 rings (SSSR count). The number of nitrogens with one attached hydrogen (secondary N) is 2. The fourth-order valence-corrected chi connectivity index (χ4v) is 4.71. The Morgan fingerprint density at radius 3 is 2.72 bits per heavy atom. The van der Waals surface area contributed by atoms with Crippen LogP contribution in [0.3, 0.4) is 0 Å². The zero-order valence-corrected chi connectivity index (χ0v) is 20.5. The van der Waals surface area contributed by atoms with E-state index in [1.807, 2.05) is 19.9 Å². The Labute approximate surface area is 194 Å². The number of hydrogen-bond acceptors (Lipinski definition) is 3. The fraction of sp³-hybridized carbons (Fsp3) is 0.607. The zero-order valence-electron chi connectivity index (χ0n) is 20.5. The number of amides is 1. The molecule has 0 bridgehead atoms. The van der Waals surface area contributed by atoms with Crippen LogP contribution in [-0.4, -0.2) is 37.7 Å². The third-order valence-electron chi connectivity index (χ3n) is 7.34. The van der Waals surface area contributed by atoms with Crippen molar-refractivity contribution in [3.8, 4) is 0 Å². The summed E-state index contributed by atoms with van der Waals surface area (Å²) >= 11 is 0. The first-order valence-corrected chi connectivity index (χ1v) is 12.4. The Balaban J connectivity index is 1.65. The number of hydrogen-bond donors (Lipinski definition) is 2. The van der Waals surface area contributed by atoms with E-state index in [1.54, 1.807) is 6.08 Å². The molecule has 0 aromatic heterocycles. The molecule has 4 heteroatoms. The first-order chi connectivity index (χ1) is 15.3. The van der Waals surface area contributed by atoms with Gasteiger partial charge in [-0.05, 0) is 99.4 Å². The quantitative estimate of drug-likeness (QED) is 0.433. The molecule has 1 saturated heterocycles. The van der Waals surface area contributed by atoms with Gasteiger partial charge in [0.15, 0.2) is 0 Å². The van der Waals surface area contributed by atoms with E-state index in [-0.39, 0.29) is 11.5 Å². The Hall–Kier alpha value is -1.91. The summed E-state index contributed by atoms with van der Waals surface area (Å²) in [4.78, 5) is 12.8. The van der Waals surface area contributed by atoms with Crippen molar-refractivity contribution in [3.63, 3.8) is 0 Å². The second-order valence-electron chi connectivity index (χ2n) is 10.2. The van der Waals surface area contributed by atoms with Crippen molar-refractivity contribution in [2.24, 2.45) is 17.8 Å². The highest BCUT2D eigenvalue weighted by molar-refractivity contribution is 5.95. The maximum absolute atomic E-state index is 12.8. The third kappa shape index (κ3) is 6.55. The lowest BCUT2D eigenvalue weighted by atomic mass is 9.81. The summed E-state index contributed by atoms with van der Waals surface area (Å²) in [6.45, 7) is 15.5. The van der Waals surface area contributed by atoms with Gasteiger partial charge >= 0.3 is 0 Å². The van der Waals surface area contributed by atoms with Crippen LogP contribution in [0.25, 0.3) is 12.2 Å². The van der Waals surface area contributed by atoms with Gasteiger partial charge < -0.3 is 15.4 Å². The van der Waals surface area contributed by atoms with Crippen LogP contribution in [0.15, 0.2) is 24.8 Å². The van der Waals surface area contributed by atoms with Gasteiger partial charge in [0, 0.05) is 12.1 Å². The molecule has 2 unspecified atom stereocenters. The molecular formula is C28H42N2O2. The van der Waals surface area contributed by atoms with Crippen molar-refractivity contribution in [2.45, 2.75) is 65.4 Å². The predicted molar refractivity (Wildman–Crippen MR) is 134 cm³/mol. The van der Waals surface area contributed by atoms with Crippen molar-refractivity contribution < 1.29 is 9.53 Å². The molecule has 1 fully saturated rings. The van der Waals surface area contributed by atoms with E-state index >= 15 is 0 Å². The maximum atomic E-state index is 12.8. The minimum absolute atomic E-state index is 0.0280. The second-order valence-corrected chi connectivity index (χ2v) is 10.2. The molecule has 1 aromatic carbocycles. The molecule has 4 nitrogen and oxygen atoms in total. The number of carbonyl (C=O) groups is 1. The fourth-order valence-electron chi connectivity index (χ4n) is 4.71. The molecule has 0 saturated carbocycles. The van der Waals surface area contributed by atoms with Crippen molar-refractivity contribution in [1.29, 1.82) is 0 Å². The van der Waals surface area contributed by atoms with Crippen LogP contribution in [0.2, 0.25) is 0 Å². The standard InChI is InChI=1S/C28H42N2O2/c1-6-28(4,5)32-17-16-30-27(31)26-15-13-24-11-10-20(2)23(12-14-25(24)21(26)3)9-7-8-22-18-29-19-22/h6,11,13-15,20,22-23,29H,1,7-10,12,16-19H2,2-5H3,(H,30,31). The van der Waals surface area contributed by atoms with Gasteiger partial charge in [0.05, 0.1) is 12.2 Å². The molecule has 0 spiro atoms. The summed E-state index contributed by atoms with van der Waals surface area (Å²) in [5.41, 5.74) is 1.47. The first kappa shape index (κ1) is 24.7. The van der Waals surface area contributed by atoms with Crippen molar-refractivity contribution >= 4 is 18.1 Å². The van der Waals surface area contributed by atoms with Crippen LogP contribution in [0.1, 0.15) is 68.8 Å². The number of fused-ring (bicyclic) bond motifs is 1. The number of rotatable bonds is 10. The Kier molecular flexibility index (Phi) is 8.72. The largest absolute Gasteiger partial charge is 0.370 e. The SMILES string of the molecule is C=CC(C)(C)OCCNC(=O)c1ccc2c(c1C)=CCC(CCCC1CNC1)C(C)CC=2. The molecule has 176 valence electrons. The molecule has 1 aliphatic heterocycles. The van der Waals surface area contributed by atoms with Gasteiger partial charge in [-0.1, -0.05) is 37.6 Å². The Bertz CT molecular complexity index is 914. The summed E-state index contributed by atoms with van der Waals surface area (Å²) in [7, 11) is 0. The number of carbonyl (C=O) groups excluding carboxylic acids is 1. The Morgan fingerprint density at radius 2 is 2.03 bits per heavy atom. The molecule has 2 aliphatic rings. The van der Waals surface area contributed by atoms with Gasteiger partial charge in [-0.15, -0.1) is 6.58 Å². The molecular weight excluding hydrogens is 396 g/mol. The van der Waals surface area contributed by atoms with Crippen molar-refractivity contribution in [3.05, 3.63) is 46.4 Å². The van der Waals surface area contributed by atoms with E-state index in [0.717, 1.165) is 35.8 Å². The first-order valence-electron chi connectivity index (χ1n) is 12.4. The van der Waals surface area contributed by atoms with E-state index in [9.17, 15) is 4.79 Å². The highest BCUT2D eigenvalue weighted by Crippen LogP contribution is 2.28. The summed E-state index contributed by atoms with van der Waals surface area (Å²) in [6.07, 6.45) is 12.7. The number of ether oxygens (including phenoxy) is 1. The van der Waals surface area contributed by atoms with Gasteiger partial charge in [0.25, 0.3) is 5.91 Å². The maximum Gasteiger partial charge on any atom is 0.251 e. The molecule has 1 amide bonds. The lowest BCUT2D eigenvalue weighted by Gasteiger charge is -2.29. The highest BCUT2D eigenvalue weighted by Gasteiger charge is 2.20. The third-order valence-corrected chi connectivity index (χ3v) is 7.34. The number of benzene rings is 1. The zero-order chi connectivity index (χ0) is 23.1. The summed E-state index contributed by atoms with van der Waals surface area (Å²) in [6, 6.07) is 4.08. The van der Waals surface area contributed by atoms with Crippen molar-refractivity contribution in [2.75, 3.05) is 26.2 Å². The average molecular weight is 439 g/mol. The summed E-state index contributed by atoms with van der Waals surface area (Å²) < 4.78 is 5.75. The van der Waals surface area contributed by atoms with Gasteiger partial charge in [-0.25, -0.2) is 0 Å². The lowest BCUT2D eigenvalue weighted by molar-refractivity contribution is 0.0217. The summed E-state index contributed by atoms with van der Waals surface area (Å²) in [5, 5.41) is 8.89. The van der Waals surface area contributed by atoms with Crippen LogP contribution < -0.4 is 21.1 Å². The topological polar surface area (TPSA) is 50.4 Å². The second kappa shape index (κ2) is 11.3.